The highest BCUT2D eigenvalue weighted by Crippen LogP contribution is 2.08. The molecular weight excluding hydrogens is 186 g/mol. The number of rotatable bonds is 8. The first kappa shape index (κ1) is 17.1. The van der Waals surface area contributed by atoms with Crippen LogP contribution in [0.1, 0.15) is 53.4 Å². The lowest BCUT2D eigenvalue weighted by molar-refractivity contribution is 0.224. The van der Waals surface area contributed by atoms with E-state index < -0.39 is 0 Å². The summed E-state index contributed by atoms with van der Waals surface area (Å²) in [5.41, 5.74) is 0. The third kappa shape index (κ3) is 7.57. The Hall–Kier alpha value is -0.340. The normalized spacial score (nSPS) is 13.1. The Morgan fingerprint density at radius 1 is 1.00 bits per heavy atom. The van der Waals surface area contributed by atoms with E-state index in [1.54, 1.807) is 0 Å². The largest absolute Gasteiger partial charge is 0.412 e. The van der Waals surface area contributed by atoms with Gasteiger partial charge in [-0.3, -0.25) is 4.90 Å². The highest BCUT2D eigenvalue weighted by Gasteiger charge is 2.11. The summed E-state index contributed by atoms with van der Waals surface area (Å²) in [5, 5.41) is 0. The van der Waals surface area contributed by atoms with E-state index in [1.807, 2.05) is 0 Å². The summed E-state index contributed by atoms with van der Waals surface area (Å²) in [4.78, 5) is 2.60. The molecule has 0 aromatic heterocycles. The molecular formula is C13H29NO. The van der Waals surface area contributed by atoms with Gasteiger partial charge < -0.3 is 5.48 Å². The molecule has 0 saturated carbocycles. The van der Waals surface area contributed by atoms with Gasteiger partial charge in [-0.25, -0.2) is 0 Å². The van der Waals surface area contributed by atoms with Crippen molar-refractivity contribution in [2.45, 2.75) is 59.4 Å². The van der Waals surface area contributed by atoms with Gasteiger partial charge in [0, 0.05) is 6.04 Å². The lowest BCUT2D eigenvalue weighted by Gasteiger charge is -2.28. The van der Waals surface area contributed by atoms with Gasteiger partial charge in [0.15, 0.2) is 0 Å². The van der Waals surface area contributed by atoms with E-state index in [0.29, 0.717) is 6.04 Å². The van der Waals surface area contributed by atoms with E-state index in [4.69, 9.17) is 0 Å². The van der Waals surface area contributed by atoms with E-state index in [-0.39, 0.29) is 5.48 Å². The van der Waals surface area contributed by atoms with Crippen molar-refractivity contribution >= 4 is 0 Å². The van der Waals surface area contributed by atoms with Gasteiger partial charge in [-0.1, -0.05) is 39.8 Å². The standard InChI is InChI=1S/C13H27N.H2O/c1-5-9-10-13(8-4)14(11-6-2)12-7-3;/h9-10,13H,5-8,11-12H2,1-4H3;1H2. The lowest BCUT2D eigenvalue weighted by atomic mass is 10.1. The van der Waals surface area contributed by atoms with E-state index in [2.05, 4.69) is 44.7 Å². The van der Waals surface area contributed by atoms with Gasteiger partial charge in [-0.05, 0) is 38.8 Å². The smallest absolute Gasteiger partial charge is 0.0275 e. The van der Waals surface area contributed by atoms with Gasteiger partial charge in [0.2, 0.25) is 0 Å². The first-order valence-corrected chi connectivity index (χ1v) is 6.20. The van der Waals surface area contributed by atoms with Crippen molar-refractivity contribution < 1.29 is 5.48 Å². The molecule has 1 atom stereocenters. The Morgan fingerprint density at radius 3 is 1.87 bits per heavy atom. The van der Waals surface area contributed by atoms with Crippen molar-refractivity contribution in [1.29, 1.82) is 0 Å². The van der Waals surface area contributed by atoms with Crippen molar-refractivity contribution in [1.82, 2.24) is 4.90 Å². The van der Waals surface area contributed by atoms with Crippen molar-refractivity contribution in [2.24, 2.45) is 0 Å². The summed E-state index contributed by atoms with van der Waals surface area (Å²) in [6.07, 6.45) is 9.59. The van der Waals surface area contributed by atoms with E-state index in [0.717, 1.165) is 6.42 Å². The van der Waals surface area contributed by atoms with Crippen LogP contribution in [0, 0.1) is 0 Å². The summed E-state index contributed by atoms with van der Waals surface area (Å²) >= 11 is 0. The van der Waals surface area contributed by atoms with Crippen LogP contribution in [-0.2, 0) is 0 Å². The van der Waals surface area contributed by atoms with Gasteiger partial charge in [0.05, 0.1) is 0 Å². The van der Waals surface area contributed by atoms with Crippen LogP contribution in [-0.4, -0.2) is 29.5 Å². The zero-order chi connectivity index (χ0) is 10.8. The Morgan fingerprint density at radius 2 is 1.53 bits per heavy atom. The molecule has 0 aromatic rings. The topological polar surface area (TPSA) is 34.7 Å². The van der Waals surface area contributed by atoms with E-state index >= 15 is 0 Å². The van der Waals surface area contributed by atoms with Crippen LogP contribution in [0.5, 0.6) is 0 Å². The molecule has 0 rings (SSSR count). The second-order valence-electron chi connectivity index (χ2n) is 3.85. The number of hydrogen-bond donors (Lipinski definition) is 0. The second kappa shape index (κ2) is 11.7. The van der Waals surface area contributed by atoms with Crippen molar-refractivity contribution in [3.05, 3.63) is 12.2 Å². The first-order chi connectivity index (χ1) is 6.79. The molecule has 2 N–H and O–H groups in total. The molecule has 2 heteroatoms. The van der Waals surface area contributed by atoms with E-state index in [9.17, 15) is 0 Å². The summed E-state index contributed by atoms with van der Waals surface area (Å²) in [5.74, 6) is 0. The van der Waals surface area contributed by atoms with Gasteiger partial charge in [0.25, 0.3) is 0 Å². The molecule has 0 aliphatic carbocycles. The zero-order valence-electron chi connectivity index (χ0n) is 10.9. The Balaban J connectivity index is 0. The van der Waals surface area contributed by atoms with Crippen molar-refractivity contribution in [3.63, 3.8) is 0 Å². The van der Waals surface area contributed by atoms with Gasteiger partial charge in [0.1, 0.15) is 0 Å². The third-order valence-corrected chi connectivity index (χ3v) is 2.50. The average Bonchev–Trinajstić information content (AvgIpc) is 2.19. The fourth-order valence-corrected chi connectivity index (χ4v) is 1.83. The average molecular weight is 215 g/mol. The Bertz CT molecular complexity index is 139. The SMILES string of the molecule is CCC=CC(CC)N(CCC)CCC.O. The molecule has 15 heavy (non-hydrogen) atoms. The summed E-state index contributed by atoms with van der Waals surface area (Å²) in [6, 6.07) is 0.662. The van der Waals surface area contributed by atoms with E-state index in [1.165, 1.54) is 32.4 Å². The van der Waals surface area contributed by atoms with Crippen LogP contribution in [0.15, 0.2) is 12.2 Å². The molecule has 0 fully saturated rings. The number of nitrogens with zero attached hydrogens (tertiary/aromatic N) is 1. The summed E-state index contributed by atoms with van der Waals surface area (Å²) < 4.78 is 0. The molecule has 0 heterocycles. The fraction of sp³-hybridized carbons (Fsp3) is 0.846. The maximum Gasteiger partial charge on any atom is 0.0275 e. The molecule has 2 nitrogen and oxygen atoms in total. The van der Waals surface area contributed by atoms with Crippen molar-refractivity contribution in [2.75, 3.05) is 13.1 Å². The van der Waals surface area contributed by atoms with Crippen LogP contribution in [0.2, 0.25) is 0 Å². The minimum Gasteiger partial charge on any atom is -0.412 e. The lowest BCUT2D eigenvalue weighted by Crippen LogP contribution is -2.34. The minimum atomic E-state index is 0. The fourth-order valence-electron chi connectivity index (χ4n) is 1.83. The maximum atomic E-state index is 2.60. The Labute approximate surface area is 95.7 Å². The molecule has 0 aliphatic rings. The number of allylic oxidation sites excluding steroid dienone is 1. The van der Waals surface area contributed by atoms with Crippen LogP contribution < -0.4 is 0 Å². The predicted octanol–water partition coefficient (Wildman–Crippen LogP) is 3.03. The molecule has 0 radical (unpaired) electrons. The molecule has 0 aromatic carbocycles. The van der Waals surface area contributed by atoms with Crippen LogP contribution >= 0.6 is 0 Å². The zero-order valence-corrected chi connectivity index (χ0v) is 10.9. The van der Waals surface area contributed by atoms with Crippen molar-refractivity contribution in [3.8, 4) is 0 Å². The van der Waals surface area contributed by atoms with Crippen LogP contribution in [0.3, 0.4) is 0 Å². The van der Waals surface area contributed by atoms with Crippen LogP contribution in [0.25, 0.3) is 0 Å². The molecule has 92 valence electrons. The number of hydrogen-bond acceptors (Lipinski definition) is 1. The summed E-state index contributed by atoms with van der Waals surface area (Å²) in [6.45, 7) is 11.5. The minimum absolute atomic E-state index is 0. The first-order valence-electron chi connectivity index (χ1n) is 6.20. The molecule has 0 spiro atoms. The summed E-state index contributed by atoms with van der Waals surface area (Å²) in [7, 11) is 0. The maximum absolute atomic E-state index is 2.60. The second-order valence-corrected chi connectivity index (χ2v) is 3.85. The highest BCUT2D eigenvalue weighted by atomic mass is 16.0. The molecule has 1 unspecified atom stereocenters. The molecule has 0 bridgehead atoms. The molecule has 0 saturated heterocycles. The molecule has 0 amide bonds. The third-order valence-electron chi connectivity index (χ3n) is 2.50. The highest BCUT2D eigenvalue weighted by molar-refractivity contribution is 4.93. The monoisotopic (exact) mass is 215 g/mol. The Kier molecular flexibility index (Phi) is 13.4. The predicted molar refractivity (Wildman–Crippen MR) is 69.3 cm³/mol. The molecule has 0 aliphatic heterocycles. The van der Waals surface area contributed by atoms with Gasteiger partial charge in [-0.2, -0.15) is 0 Å². The van der Waals surface area contributed by atoms with Crippen LogP contribution in [0.4, 0.5) is 0 Å². The quantitative estimate of drug-likeness (QED) is 0.573. The van der Waals surface area contributed by atoms with Gasteiger partial charge in [-0.15, -0.1) is 0 Å². The van der Waals surface area contributed by atoms with Gasteiger partial charge >= 0.3 is 0 Å².